The molecule has 0 spiro atoms. The molecule has 1 amide bonds. The highest BCUT2D eigenvalue weighted by molar-refractivity contribution is 14.1. The number of nitriles is 1. The topological polar surface area (TPSA) is 108 Å². The zero-order valence-corrected chi connectivity index (χ0v) is 19.4. The smallest absolute Gasteiger partial charge is 0.351 e. The number of hydrogen-bond acceptors (Lipinski definition) is 7. The Labute approximate surface area is 197 Å². The van der Waals surface area contributed by atoms with Crippen LogP contribution in [0.5, 0.6) is 0 Å². The zero-order chi connectivity index (χ0) is 22.6. The highest BCUT2D eigenvalue weighted by Crippen LogP contribution is 2.24. The molecule has 0 aliphatic heterocycles. The molecule has 0 atom stereocenters. The minimum atomic E-state index is -0.843. The summed E-state index contributed by atoms with van der Waals surface area (Å²) in [4.78, 5) is 36.6. The normalized spacial score (nSPS) is 11.3. The van der Waals surface area contributed by atoms with Gasteiger partial charge in [-0.25, -0.2) is 4.79 Å². The van der Waals surface area contributed by atoms with Crippen molar-refractivity contribution >= 4 is 62.7 Å². The van der Waals surface area contributed by atoms with E-state index in [4.69, 9.17) is 4.74 Å². The van der Waals surface area contributed by atoms with Crippen molar-refractivity contribution in [3.05, 3.63) is 80.9 Å². The molecule has 0 aliphatic carbocycles. The van der Waals surface area contributed by atoms with Gasteiger partial charge in [0.1, 0.15) is 11.1 Å². The molecule has 0 saturated carbocycles. The van der Waals surface area contributed by atoms with Crippen molar-refractivity contribution in [2.45, 2.75) is 6.92 Å². The number of halogens is 1. The minimum Gasteiger partial charge on any atom is -0.462 e. The Hall–Kier alpha value is -3.10. The maximum absolute atomic E-state index is 12.4. The number of ether oxygens (including phenoxy) is 1. The number of rotatable bonds is 8. The molecule has 0 bridgehead atoms. The zero-order valence-electron chi connectivity index (χ0n) is 16.4. The first-order valence-electron chi connectivity index (χ1n) is 9.03. The van der Waals surface area contributed by atoms with E-state index in [2.05, 4.69) is 33.2 Å². The summed E-state index contributed by atoms with van der Waals surface area (Å²) in [7, 11) is 0. The molecule has 2 rings (SSSR count). The van der Waals surface area contributed by atoms with Crippen LogP contribution in [0.4, 0.5) is 11.4 Å². The fraction of sp³-hybridized carbons (Fsp3) is 0.0909. The summed E-state index contributed by atoms with van der Waals surface area (Å²) in [5, 5.41) is 14.4. The predicted octanol–water partition coefficient (Wildman–Crippen LogP) is 4.46. The fourth-order valence-electron chi connectivity index (χ4n) is 2.18. The Morgan fingerprint density at radius 2 is 1.68 bits per heavy atom. The third-order valence-electron chi connectivity index (χ3n) is 3.54. The van der Waals surface area contributed by atoms with E-state index in [9.17, 15) is 19.6 Å². The molecule has 2 N–H and O–H groups in total. The van der Waals surface area contributed by atoms with E-state index in [1.807, 2.05) is 12.1 Å². The summed E-state index contributed by atoms with van der Waals surface area (Å²) < 4.78 is 5.93. The number of nitrogens with one attached hydrogen (secondary N) is 2. The number of benzene rings is 2. The van der Waals surface area contributed by atoms with Crippen molar-refractivity contribution in [2.24, 2.45) is 0 Å². The molecule has 7 nitrogen and oxygen atoms in total. The van der Waals surface area contributed by atoms with Gasteiger partial charge in [0.2, 0.25) is 11.0 Å². The van der Waals surface area contributed by atoms with Crippen molar-refractivity contribution < 1.29 is 19.1 Å². The molecule has 2 aromatic rings. The van der Waals surface area contributed by atoms with Crippen LogP contribution in [0.15, 0.2) is 77.4 Å². The van der Waals surface area contributed by atoms with Gasteiger partial charge in [0.25, 0.3) is 0 Å². The van der Waals surface area contributed by atoms with E-state index in [1.165, 1.54) is 0 Å². The van der Waals surface area contributed by atoms with Gasteiger partial charge in [-0.1, -0.05) is 18.2 Å². The second kappa shape index (κ2) is 12.6. The molecule has 0 fully saturated rings. The van der Waals surface area contributed by atoms with Gasteiger partial charge in [-0.15, -0.1) is 0 Å². The third kappa shape index (κ3) is 8.27. The molecule has 9 heteroatoms. The summed E-state index contributed by atoms with van der Waals surface area (Å²) in [6, 6.07) is 17.7. The molecular formula is C22H18IN3O4S. The second-order valence-corrected chi connectivity index (χ2v) is 8.04. The van der Waals surface area contributed by atoms with Gasteiger partial charge in [-0.05, 0) is 83.8 Å². The lowest BCUT2D eigenvalue weighted by Gasteiger charge is -2.11. The molecule has 0 aromatic heterocycles. The highest BCUT2D eigenvalue weighted by Gasteiger charge is 2.20. The number of thioether (sulfide) groups is 1. The van der Waals surface area contributed by atoms with Crippen LogP contribution >= 0.6 is 34.4 Å². The molecule has 0 unspecified atom stereocenters. The van der Waals surface area contributed by atoms with E-state index in [0.29, 0.717) is 23.1 Å². The standard InChI is InChI=1S/C22H18IN3O4S/c1-2-30-22(29)18(14-24)21(26-16-6-4-3-5-7-16)31-20(28)13-12-19(27)25-17-10-8-15(23)9-11-17/h3-13,26H,2H2,1H3,(H,25,27). The molecule has 31 heavy (non-hydrogen) atoms. The maximum atomic E-state index is 12.4. The van der Waals surface area contributed by atoms with E-state index >= 15 is 0 Å². The maximum Gasteiger partial charge on any atom is 0.351 e. The van der Waals surface area contributed by atoms with Crippen LogP contribution < -0.4 is 10.6 Å². The lowest BCUT2D eigenvalue weighted by Crippen LogP contribution is -2.13. The number of carbonyl (C=O) groups is 3. The monoisotopic (exact) mass is 547 g/mol. The average molecular weight is 547 g/mol. The molecule has 0 aliphatic rings. The summed E-state index contributed by atoms with van der Waals surface area (Å²) in [5.41, 5.74) is 0.839. The summed E-state index contributed by atoms with van der Waals surface area (Å²) in [5.74, 6) is -1.33. The van der Waals surface area contributed by atoms with Crippen LogP contribution in [-0.4, -0.2) is 23.6 Å². The Morgan fingerprint density at radius 1 is 1.03 bits per heavy atom. The van der Waals surface area contributed by atoms with Gasteiger partial charge >= 0.3 is 5.97 Å². The van der Waals surface area contributed by atoms with Crippen LogP contribution in [-0.2, 0) is 19.1 Å². The quantitative estimate of drug-likeness (QED) is 0.218. The molecular weight excluding hydrogens is 529 g/mol. The Kier molecular flexibility index (Phi) is 9.80. The first kappa shape index (κ1) is 24.2. The first-order chi connectivity index (χ1) is 14.9. The van der Waals surface area contributed by atoms with Crippen LogP contribution in [0.1, 0.15) is 6.92 Å². The highest BCUT2D eigenvalue weighted by atomic mass is 127. The van der Waals surface area contributed by atoms with Crippen molar-refractivity contribution in [2.75, 3.05) is 17.2 Å². The lowest BCUT2D eigenvalue weighted by molar-refractivity contribution is -0.138. The number of carbonyl (C=O) groups excluding carboxylic acids is 3. The van der Waals surface area contributed by atoms with Gasteiger partial charge in [-0.2, -0.15) is 5.26 Å². The van der Waals surface area contributed by atoms with Crippen LogP contribution in [0.2, 0.25) is 0 Å². The van der Waals surface area contributed by atoms with Gasteiger partial charge in [-0.3, -0.25) is 9.59 Å². The number of hydrogen-bond donors (Lipinski definition) is 2. The average Bonchev–Trinajstić information content (AvgIpc) is 2.75. The molecule has 158 valence electrons. The van der Waals surface area contributed by atoms with Crippen LogP contribution in [0.3, 0.4) is 0 Å². The largest absolute Gasteiger partial charge is 0.462 e. The third-order valence-corrected chi connectivity index (χ3v) is 5.10. The van der Waals surface area contributed by atoms with E-state index in [1.54, 1.807) is 55.5 Å². The van der Waals surface area contributed by atoms with Gasteiger partial charge < -0.3 is 15.4 Å². The minimum absolute atomic E-state index is 0.0137. The van der Waals surface area contributed by atoms with E-state index in [-0.39, 0.29) is 17.2 Å². The molecule has 0 radical (unpaired) electrons. The van der Waals surface area contributed by atoms with Crippen LogP contribution in [0.25, 0.3) is 0 Å². The summed E-state index contributed by atoms with van der Waals surface area (Å²) in [6.45, 7) is 1.70. The number of amides is 1. The van der Waals surface area contributed by atoms with Gasteiger partial charge in [0, 0.05) is 21.0 Å². The van der Waals surface area contributed by atoms with Crippen molar-refractivity contribution in [1.29, 1.82) is 5.26 Å². The van der Waals surface area contributed by atoms with E-state index < -0.39 is 17.0 Å². The summed E-state index contributed by atoms with van der Waals surface area (Å²) in [6.07, 6.45) is 2.16. The first-order valence-corrected chi connectivity index (χ1v) is 10.9. The number of para-hydroxylation sites is 1. The van der Waals surface area contributed by atoms with Gasteiger partial charge in [0.15, 0.2) is 5.57 Å². The Morgan fingerprint density at radius 3 is 2.29 bits per heavy atom. The van der Waals surface area contributed by atoms with Crippen LogP contribution in [0, 0.1) is 14.9 Å². The Bertz CT molecular complexity index is 1040. The fourth-order valence-corrected chi connectivity index (χ4v) is 3.28. The lowest BCUT2D eigenvalue weighted by atomic mass is 10.3. The van der Waals surface area contributed by atoms with E-state index in [0.717, 1.165) is 15.7 Å². The number of esters is 1. The molecule has 0 saturated heterocycles. The van der Waals surface area contributed by atoms with Crippen molar-refractivity contribution in [3.8, 4) is 6.07 Å². The number of anilines is 2. The predicted molar refractivity (Wildman–Crippen MR) is 129 cm³/mol. The second-order valence-electron chi connectivity index (χ2n) is 5.78. The molecule has 2 aromatic carbocycles. The van der Waals surface area contributed by atoms with Crippen molar-refractivity contribution in [3.63, 3.8) is 0 Å². The molecule has 0 heterocycles. The SMILES string of the molecule is CCOC(=O)C(C#N)=C(Nc1ccccc1)SC(=O)C=CC(=O)Nc1ccc(I)cc1. The van der Waals surface area contributed by atoms with Gasteiger partial charge in [0.05, 0.1) is 6.61 Å². The van der Waals surface area contributed by atoms with Crippen molar-refractivity contribution in [1.82, 2.24) is 0 Å². The number of nitrogens with zero attached hydrogens (tertiary/aromatic N) is 1. The Balaban J connectivity index is 2.15. The summed E-state index contributed by atoms with van der Waals surface area (Å²) >= 11 is 2.77.